The van der Waals surface area contributed by atoms with Gasteiger partial charge in [0.2, 0.25) is 0 Å². The molecule has 1 aliphatic heterocycles. The van der Waals surface area contributed by atoms with Gasteiger partial charge in [0.05, 0.1) is 0 Å². The minimum Gasteiger partial charge on any atom is -0.354 e. The summed E-state index contributed by atoms with van der Waals surface area (Å²) < 4.78 is 0. The Labute approximate surface area is 117 Å². The molecule has 2 heterocycles. The van der Waals surface area contributed by atoms with Crippen molar-refractivity contribution in [1.29, 1.82) is 0 Å². The average molecular weight is 261 g/mol. The van der Waals surface area contributed by atoms with Gasteiger partial charge in [0, 0.05) is 38.4 Å². The van der Waals surface area contributed by atoms with Gasteiger partial charge in [-0.15, -0.1) is 0 Å². The third-order valence-electron chi connectivity index (χ3n) is 4.32. The molecule has 19 heavy (non-hydrogen) atoms. The highest BCUT2D eigenvalue weighted by Gasteiger charge is 2.19. The highest BCUT2D eigenvalue weighted by atomic mass is 15.3. The quantitative estimate of drug-likeness (QED) is 0.830. The van der Waals surface area contributed by atoms with Crippen LogP contribution >= 0.6 is 0 Å². The van der Waals surface area contributed by atoms with E-state index in [4.69, 9.17) is 0 Å². The van der Waals surface area contributed by atoms with Crippen LogP contribution in [0.15, 0.2) is 18.3 Å². The van der Waals surface area contributed by atoms with Crippen molar-refractivity contribution in [3.8, 4) is 0 Å². The van der Waals surface area contributed by atoms with Gasteiger partial charge in [-0.3, -0.25) is 4.90 Å². The predicted molar refractivity (Wildman–Crippen MR) is 81.9 cm³/mol. The normalized spacial score (nSPS) is 18.9. The van der Waals surface area contributed by atoms with Gasteiger partial charge in [0.15, 0.2) is 0 Å². The lowest BCUT2D eigenvalue weighted by Crippen LogP contribution is -2.49. The van der Waals surface area contributed by atoms with Crippen molar-refractivity contribution < 1.29 is 0 Å². The highest BCUT2D eigenvalue weighted by molar-refractivity contribution is 5.40. The Bertz CT molecular complexity index is 377. The maximum atomic E-state index is 4.65. The highest BCUT2D eigenvalue weighted by Crippen LogP contribution is 2.21. The number of rotatable bonds is 4. The fourth-order valence-electron chi connectivity index (χ4n) is 2.58. The molecule has 1 fully saturated rings. The molecule has 0 spiro atoms. The molecule has 1 saturated heterocycles. The van der Waals surface area contributed by atoms with Crippen LogP contribution in [0.2, 0.25) is 0 Å². The zero-order valence-electron chi connectivity index (χ0n) is 12.8. The molecule has 0 saturated carbocycles. The van der Waals surface area contributed by atoms with Crippen molar-refractivity contribution in [2.75, 3.05) is 31.1 Å². The number of piperazine rings is 1. The van der Waals surface area contributed by atoms with Gasteiger partial charge in [-0.1, -0.05) is 19.9 Å². The maximum absolute atomic E-state index is 4.65. The van der Waals surface area contributed by atoms with Gasteiger partial charge in [0.1, 0.15) is 5.82 Å². The molecule has 3 heteroatoms. The third kappa shape index (κ3) is 3.47. The summed E-state index contributed by atoms with van der Waals surface area (Å²) >= 11 is 0. The molecular formula is C16H27N3. The van der Waals surface area contributed by atoms with Crippen molar-refractivity contribution in [2.45, 2.75) is 46.1 Å². The molecule has 0 aromatic carbocycles. The van der Waals surface area contributed by atoms with Crippen molar-refractivity contribution in [1.82, 2.24) is 9.88 Å². The molecular weight excluding hydrogens is 234 g/mol. The van der Waals surface area contributed by atoms with E-state index in [2.05, 4.69) is 60.8 Å². The molecule has 0 unspecified atom stereocenters. The van der Waals surface area contributed by atoms with E-state index < -0.39 is 0 Å². The topological polar surface area (TPSA) is 19.4 Å². The molecule has 0 radical (unpaired) electrons. The minimum absolute atomic E-state index is 0.610. The zero-order valence-corrected chi connectivity index (χ0v) is 12.8. The van der Waals surface area contributed by atoms with E-state index in [-0.39, 0.29) is 0 Å². The maximum Gasteiger partial charge on any atom is 0.128 e. The Morgan fingerprint density at radius 1 is 1.11 bits per heavy atom. The van der Waals surface area contributed by atoms with Crippen LogP contribution in [0.4, 0.5) is 5.82 Å². The second kappa shape index (κ2) is 6.38. The number of pyridine rings is 1. The molecule has 0 N–H and O–H groups in total. The summed E-state index contributed by atoms with van der Waals surface area (Å²) in [4.78, 5) is 9.58. The summed E-state index contributed by atoms with van der Waals surface area (Å²) in [7, 11) is 0. The Balaban J connectivity index is 1.96. The lowest BCUT2D eigenvalue weighted by Gasteiger charge is -2.37. The fourth-order valence-corrected chi connectivity index (χ4v) is 2.58. The van der Waals surface area contributed by atoms with Crippen LogP contribution in [-0.4, -0.2) is 42.1 Å². The third-order valence-corrected chi connectivity index (χ3v) is 4.32. The number of hydrogen-bond acceptors (Lipinski definition) is 3. The standard InChI is InChI=1S/C16H27N3/c1-5-14(4)15-6-7-16(17-12-15)19-10-8-18(9-11-19)13(2)3/h6-7,12-14H,5,8-11H2,1-4H3/t14-/m0/s1. The first-order valence-corrected chi connectivity index (χ1v) is 7.56. The summed E-state index contributed by atoms with van der Waals surface area (Å²) in [6.45, 7) is 13.5. The van der Waals surface area contributed by atoms with Gasteiger partial charge in [-0.25, -0.2) is 4.98 Å². The molecule has 1 aliphatic rings. The number of hydrogen-bond donors (Lipinski definition) is 0. The first kappa shape index (κ1) is 14.3. The minimum atomic E-state index is 0.610. The van der Waals surface area contributed by atoms with E-state index in [9.17, 15) is 0 Å². The molecule has 1 aromatic heterocycles. The van der Waals surface area contributed by atoms with Crippen LogP contribution in [0.3, 0.4) is 0 Å². The summed E-state index contributed by atoms with van der Waals surface area (Å²) in [5.41, 5.74) is 1.35. The van der Waals surface area contributed by atoms with Crippen LogP contribution in [-0.2, 0) is 0 Å². The van der Waals surface area contributed by atoms with Crippen molar-refractivity contribution in [3.05, 3.63) is 23.9 Å². The van der Waals surface area contributed by atoms with Crippen LogP contribution < -0.4 is 4.90 Å². The fraction of sp³-hybridized carbons (Fsp3) is 0.688. The molecule has 2 rings (SSSR count). The average Bonchev–Trinajstić information content (AvgIpc) is 2.46. The first-order valence-electron chi connectivity index (χ1n) is 7.56. The Morgan fingerprint density at radius 3 is 2.26 bits per heavy atom. The number of nitrogens with zero attached hydrogens (tertiary/aromatic N) is 3. The lowest BCUT2D eigenvalue weighted by atomic mass is 10.0. The Kier molecular flexibility index (Phi) is 4.81. The van der Waals surface area contributed by atoms with Gasteiger partial charge in [-0.2, -0.15) is 0 Å². The molecule has 0 bridgehead atoms. The Morgan fingerprint density at radius 2 is 1.79 bits per heavy atom. The monoisotopic (exact) mass is 261 g/mol. The molecule has 0 amide bonds. The van der Waals surface area contributed by atoms with Gasteiger partial charge in [0.25, 0.3) is 0 Å². The van der Waals surface area contributed by atoms with Crippen LogP contribution in [0.5, 0.6) is 0 Å². The molecule has 106 valence electrons. The smallest absolute Gasteiger partial charge is 0.128 e. The predicted octanol–water partition coefficient (Wildman–Crippen LogP) is 3.13. The lowest BCUT2D eigenvalue weighted by molar-refractivity contribution is 0.209. The van der Waals surface area contributed by atoms with E-state index in [1.807, 2.05) is 0 Å². The molecule has 3 nitrogen and oxygen atoms in total. The molecule has 1 atom stereocenters. The van der Waals surface area contributed by atoms with Gasteiger partial charge in [-0.05, 0) is 37.8 Å². The summed E-state index contributed by atoms with van der Waals surface area (Å²) in [6.07, 6.45) is 3.23. The number of anilines is 1. The van der Waals surface area contributed by atoms with Crippen molar-refractivity contribution in [3.63, 3.8) is 0 Å². The van der Waals surface area contributed by atoms with Crippen LogP contribution in [0, 0.1) is 0 Å². The van der Waals surface area contributed by atoms with Crippen molar-refractivity contribution in [2.24, 2.45) is 0 Å². The summed E-state index contributed by atoms with van der Waals surface area (Å²) in [5, 5.41) is 0. The second-order valence-corrected chi connectivity index (χ2v) is 5.88. The van der Waals surface area contributed by atoms with Crippen LogP contribution in [0.1, 0.15) is 45.6 Å². The van der Waals surface area contributed by atoms with E-state index >= 15 is 0 Å². The summed E-state index contributed by atoms with van der Waals surface area (Å²) in [6, 6.07) is 5.08. The van der Waals surface area contributed by atoms with Crippen molar-refractivity contribution >= 4 is 5.82 Å². The number of aromatic nitrogens is 1. The zero-order chi connectivity index (χ0) is 13.8. The van der Waals surface area contributed by atoms with E-state index in [1.165, 1.54) is 12.0 Å². The van der Waals surface area contributed by atoms with E-state index in [0.717, 1.165) is 32.0 Å². The molecule has 0 aliphatic carbocycles. The second-order valence-electron chi connectivity index (χ2n) is 5.88. The molecule has 1 aromatic rings. The SMILES string of the molecule is CC[C@H](C)c1ccc(N2CCN(C(C)C)CC2)nc1. The summed E-state index contributed by atoms with van der Waals surface area (Å²) in [5.74, 6) is 1.75. The van der Waals surface area contributed by atoms with Gasteiger partial charge < -0.3 is 4.90 Å². The largest absolute Gasteiger partial charge is 0.354 e. The van der Waals surface area contributed by atoms with Gasteiger partial charge >= 0.3 is 0 Å². The Hall–Kier alpha value is -1.09. The van der Waals surface area contributed by atoms with E-state index in [0.29, 0.717) is 12.0 Å². The van der Waals surface area contributed by atoms with Crippen LogP contribution in [0.25, 0.3) is 0 Å². The van der Waals surface area contributed by atoms with E-state index in [1.54, 1.807) is 0 Å². The first-order chi connectivity index (χ1) is 9.11.